The van der Waals surface area contributed by atoms with Gasteiger partial charge in [0.1, 0.15) is 0 Å². The fourth-order valence-corrected chi connectivity index (χ4v) is 3.92. The van der Waals surface area contributed by atoms with Gasteiger partial charge in [-0.1, -0.05) is 36.8 Å². The summed E-state index contributed by atoms with van der Waals surface area (Å²) in [5, 5.41) is 0.746. The molecule has 0 bridgehead atoms. The lowest BCUT2D eigenvalue weighted by molar-refractivity contribution is 0.0661. The van der Waals surface area contributed by atoms with E-state index in [2.05, 4.69) is 4.47 Å². The minimum Gasteiger partial charge on any atom is -0.267 e. The third kappa shape index (κ3) is 2.55. The Kier molecular flexibility index (Phi) is 3.77. The molecule has 0 unspecified atom stereocenters. The number of amides is 2. The molecular weight excluding hydrogens is 312 g/mol. The van der Waals surface area contributed by atoms with Crippen LogP contribution in [0.15, 0.2) is 57.9 Å². The highest BCUT2D eigenvalue weighted by Gasteiger charge is 2.36. The molecule has 2 aromatic carbocycles. The van der Waals surface area contributed by atoms with Crippen LogP contribution in [0.5, 0.6) is 0 Å². The molecular formula is C17H16N2O3S. The summed E-state index contributed by atoms with van der Waals surface area (Å²) in [6.07, 6.45) is 0. The van der Waals surface area contributed by atoms with Crippen molar-refractivity contribution in [3.8, 4) is 0 Å². The van der Waals surface area contributed by atoms with Crippen molar-refractivity contribution in [1.82, 2.24) is 5.01 Å². The third-order valence-electron chi connectivity index (χ3n) is 3.77. The minimum absolute atomic E-state index is 0.212. The van der Waals surface area contributed by atoms with Gasteiger partial charge >= 0.3 is 0 Å². The summed E-state index contributed by atoms with van der Waals surface area (Å²) in [7, 11) is -2.88. The molecule has 0 radical (unpaired) electrons. The van der Waals surface area contributed by atoms with Gasteiger partial charge in [-0.15, -0.1) is 9.48 Å². The van der Waals surface area contributed by atoms with Gasteiger partial charge in [0.25, 0.3) is 11.8 Å². The van der Waals surface area contributed by atoms with Crippen LogP contribution in [0.4, 0.5) is 0 Å². The molecule has 118 valence electrons. The van der Waals surface area contributed by atoms with Gasteiger partial charge < -0.3 is 0 Å². The summed E-state index contributed by atoms with van der Waals surface area (Å²) >= 11 is 0. The van der Waals surface area contributed by atoms with Crippen molar-refractivity contribution in [2.24, 2.45) is 4.47 Å². The summed E-state index contributed by atoms with van der Waals surface area (Å²) in [4.78, 5) is 25.3. The lowest BCUT2D eigenvalue weighted by Crippen LogP contribution is -2.26. The van der Waals surface area contributed by atoms with Crippen molar-refractivity contribution in [3.63, 3.8) is 0 Å². The fourth-order valence-electron chi connectivity index (χ4n) is 2.41. The van der Waals surface area contributed by atoms with Crippen LogP contribution in [-0.2, 0) is 9.73 Å². The van der Waals surface area contributed by atoms with Crippen LogP contribution in [0.3, 0.4) is 0 Å². The number of benzene rings is 2. The maximum absolute atomic E-state index is 13.2. The molecule has 1 atom stereocenters. The third-order valence-corrected chi connectivity index (χ3v) is 5.99. The largest absolute Gasteiger partial charge is 0.282 e. The first-order valence-corrected chi connectivity index (χ1v) is 8.94. The topological polar surface area (TPSA) is 66.8 Å². The molecule has 0 spiro atoms. The lowest BCUT2D eigenvalue weighted by Gasteiger charge is -2.13. The molecule has 5 nitrogen and oxygen atoms in total. The van der Waals surface area contributed by atoms with Crippen molar-refractivity contribution in [3.05, 3.63) is 65.2 Å². The molecule has 2 amide bonds. The van der Waals surface area contributed by atoms with Crippen LogP contribution < -0.4 is 0 Å². The summed E-state index contributed by atoms with van der Waals surface area (Å²) in [5.41, 5.74) is 1.62. The Morgan fingerprint density at radius 3 is 1.96 bits per heavy atom. The fraction of sp³-hybridized carbons (Fsp3) is 0.176. The zero-order valence-corrected chi connectivity index (χ0v) is 13.7. The Balaban J connectivity index is 2.10. The smallest absolute Gasteiger partial charge is 0.267 e. The Morgan fingerprint density at radius 1 is 0.957 bits per heavy atom. The second-order valence-corrected chi connectivity index (χ2v) is 7.78. The van der Waals surface area contributed by atoms with Gasteiger partial charge in [-0.25, -0.2) is 4.21 Å². The second-order valence-electron chi connectivity index (χ2n) is 5.29. The average molecular weight is 328 g/mol. The molecule has 0 aliphatic carbocycles. The highest BCUT2D eigenvalue weighted by Crippen LogP contribution is 2.25. The Morgan fingerprint density at radius 2 is 1.48 bits per heavy atom. The van der Waals surface area contributed by atoms with Gasteiger partial charge in [0.05, 0.1) is 20.9 Å². The number of carbonyl (C=O) groups is 2. The number of hydrogen-bond acceptors (Lipinski definition) is 4. The molecule has 0 fully saturated rings. The zero-order valence-electron chi connectivity index (χ0n) is 12.9. The number of fused-ring (bicyclic) bond motifs is 1. The lowest BCUT2D eigenvalue weighted by atomic mass is 10.1. The van der Waals surface area contributed by atoms with E-state index in [1.807, 2.05) is 19.1 Å². The molecule has 0 saturated heterocycles. The van der Waals surface area contributed by atoms with E-state index in [1.165, 1.54) is 0 Å². The van der Waals surface area contributed by atoms with E-state index in [-0.39, 0.29) is 5.75 Å². The van der Waals surface area contributed by atoms with Gasteiger partial charge in [-0.2, -0.15) is 0 Å². The van der Waals surface area contributed by atoms with E-state index in [0.29, 0.717) is 16.0 Å². The Bertz CT molecular complexity index is 875. The van der Waals surface area contributed by atoms with Crippen LogP contribution >= 0.6 is 0 Å². The highest BCUT2D eigenvalue weighted by molar-refractivity contribution is 7.93. The maximum Gasteiger partial charge on any atom is 0.282 e. The molecule has 6 heteroatoms. The maximum atomic E-state index is 13.2. The van der Waals surface area contributed by atoms with Crippen LogP contribution in [0.1, 0.15) is 33.2 Å². The SMILES string of the molecule is CC[S@](=O)(=NN1C(=O)c2ccccc2C1=O)c1ccc(C)cc1. The van der Waals surface area contributed by atoms with Gasteiger partial charge in [0, 0.05) is 10.6 Å². The predicted octanol–water partition coefficient (Wildman–Crippen LogP) is 3.05. The molecule has 0 N–H and O–H groups in total. The quantitative estimate of drug-likeness (QED) is 0.813. The van der Waals surface area contributed by atoms with Crippen molar-refractivity contribution in [2.75, 3.05) is 5.75 Å². The van der Waals surface area contributed by atoms with Crippen molar-refractivity contribution < 1.29 is 13.8 Å². The predicted molar refractivity (Wildman–Crippen MR) is 87.5 cm³/mol. The summed E-state index contributed by atoms with van der Waals surface area (Å²) in [6.45, 7) is 3.66. The monoisotopic (exact) mass is 328 g/mol. The van der Waals surface area contributed by atoms with Crippen LogP contribution in [-0.4, -0.2) is 26.8 Å². The molecule has 1 aliphatic heterocycles. The summed E-state index contributed by atoms with van der Waals surface area (Å²) < 4.78 is 17.2. The summed E-state index contributed by atoms with van der Waals surface area (Å²) in [6, 6.07) is 13.6. The molecule has 2 aromatic rings. The number of carbonyl (C=O) groups excluding carboxylic acids is 2. The van der Waals surface area contributed by atoms with E-state index in [0.717, 1.165) is 10.6 Å². The average Bonchev–Trinajstić information content (AvgIpc) is 2.81. The number of nitrogens with zero attached hydrogens (tertiary/aromatic N) is 2. The van der Waals surface area contributed by atoms with Crippen LogP contribution in [0, 0.1) is 6.92 Å². The molecule has 23 heavy (non-hydrogen) atoms. The first-order valence-electron chi connectivity index (χ1n) is 7.25. The van der Waals surface area contributed by atoms with Gasteiger partial charge in [-0.05, 0) is 31.2 Å². The van der Waals surface area contributed by atoms with Crippen molar-refractivity contribution in [1.29, 1.82) is 0 Å². The standard InChI is InChI=1S/C17H16N2O3S/c1-3-23(22,13-10-8-12(2)9-11-13)18-19-16(20)14-6-4-5-7-15(14)17(19)21/h4-11H,3H2,1-2H3/t23-/m1/s1. The molecule has 0 aromatic heterocycles. The van der Waals surface area contributed by atoms with Crippen LogP contribution in [0.25, 0.3) is 0 Å². The number of imide groups is 1. The normalized spacial score (nSPS) is 16.2. The number of rotatable bonds is 3. The van der Waals surface area contributed by atoms with Gasteiger partial charge in [0.2, 0.25) is 0 Å². The Labute approximate surface area is 135 Å². The van der Waals surface area contributed by atoms with E-state index in [9.17, 15) is 13.8 Å². The second kappa shape index (κ2) is 5.62. The van der Waals surface area contributed by atoms with Crippen molar-refractivity contribution in [2.45, 2.75) is 18.7 Å². The minimum atomic E-state index is -2.88. The molecule has 3 rings (SSSR count). The van der Waals surface area contributed by atoms with Gasteiger partial charge in [0.15, 0.2) is 0 Å². The van der Waals surface area contributed by atoms with E-state index < -0.39 is 21.5 Å². The first-order chi connectivity index (χ1) is 11.0. The van der Waals surface area contributed by atoms with E-state index in [1.54, 1.807) is 43.3 Å². The van der Waals surface area contributed by atoms with Crippen LogP contribution in [0.2, 0.25) is 0 Å². The molecule has 1 heterocycles. The van der Waals surface area contributed by atoms with E-state index in [4.69, 9.17) is 0 Å². The molecule has 1 aliphatic rings. The van der Waals surface area contributed by atoms with Gasteiger partial charge in [-0.3, -0.25) is 9.59 Å². The van der Waals surface area contributed by atoms with Crippen molar-refractivity contribution >= 4 is 21.5 Å². The van der Waals surface area contributed by atoms with E-state index >= 15 is 0 Å². The number of aryl methyl sites for hydroxylation is 1. The highest BCUT2D eigenvalue weighted by atomic mass is 32.2. The zero-order chi connectivity index (χ0) is 16.6. The molecule has 0 saturated carbocycles. The Hall–Kier alpha value is -2.47. The first kappa shape index (κ1) is 15.4. The summed E-state index contributed by atoms with van der Waals surface area (Å²) in [5.74, 6) is -0.846. The number of hydrogen-bond donors (Lipinski definition) is 0.